The van der Waals surface area contributed by atoms with Crippen LogP contribution in [0.1, 0.15) is 23.6 Å². The zero-order chi connectivity index (χ0) is 9.84. The summed E-state index contributed by atoms with van der Waals surface area (Å²) in [7, 11) is 0. The number of aliphatic carboxylic acids is 1. The lowest BCUT2D eigenvalue weighted by molar-refractivity contribution is -0.137. The molecule has 1 aromatic heterocycles. The van der Waals surface area contributed by atoms with Crippen LogP contribution >= 0.6 is 0 Å². The fourth-order valence-corrected chi connectivity index (χ4v) is 1.16. The highest BCUT2D eigenvalue weighted by Gasteiger charge is 2.12. The average Bonchev–Trinajstić information content (AvgIpc) is 2.03. The van der Waals surface area contributed by atoms with Crippen molar-refractivity contribution >= 4 is 5.97 Å². The molecule has 0 aromatic carbocycles. The normalized spacial score (nSPS) is 12.5. The SMILES string of the molecule is Cc1ccncc1[C@H](N)CC(=O)O. The molecular weight excluding hydrogens is 168 g/mol. The first-order chi connectivity index (χ1) is 6.11. The lowest BCUT2D eigenvalue weighted by atomic mass is 10.0. The number of carboxylic acids is 1. The van der Waals surface area contributed by atoms with E-state index in [4.69, 9.17) is 10.8 Å². The van der Waals surface area contributed by atoms with Crippen LogP contribution in [0.2, 0.25) is 0 Å². The third-order valence-corrected chi connectivity index (χ3v) is 1.87. The van der Waals surface area contributed by atoms with E-state index in [9.17, 15) is 4.79 Å². The van der Waals surface area contributed by atoms with Gasteiger partial charge in [0.2, 0.25) is 0 Å². The molecule has 1 aromatic rings. The molecule has 4 heteroatoms. The summed E-state index contributed by atoms with van der Waals surface area (Å²) >= 11 is 0. The van der Waals surface area contributed by atoms with Crippen molar-refractivity contribution in [3.63, 3.8) is 0 Å². The van der Waals surface area contributed by atoms with Crippen molar-refractivity contribution in [2.45, 2.75) is 19.4 Å². The summed E-state index contributed by atoms with van der Waals surface area (Å²) in [6.07, 6.45) is 3.21. The first-order valence-corrected chi connectivity index (χ1v) is 3.99. The van der Waals surface area contributed by atoms with Gasteiger partial charge >= 0.3 is 5.97 Å². The zero-order valence-corrected chi connectivity index (χ0v) is 7.40. The second kappa shape index (κ2) is 4.00. The minimum absolute atomic E-state index is 0.0630. The Labute approximate surface area is 76.4 Å². The zero-order valence-electron chi connectivity index (χ0n) is 7.40. The van der Waals surface area contributed by atoms with Crippen LogP contribution in [0.4, 0.5) is 0 Å². The number of carboxylic acid groups (broad SMARTS) is 1. The van der Waals surface area contributed by atoms with E-state index in [0.717, 1.165) is 11.1 Å². The van der Waals surface area contributed by atoms with Crippen LogP contribution in [0.25, 0.3) is 0 Å². The van der Waals surface area contributed by atoms with Gasteiger partial charge in [-0.3, -0.25) is 9.78 Å². The van der Waals surface area contributed by atoms with Crippen LogP contribution in [-0.2, 0) is 4.79 Å². The lowest BCUT2D eigenvalue weighted by Crippen LogP contribution is -2.16. The average molecular weight is 180 g/mol. The van der Waals surface area contributed by atoms with Gasteiger partial charge in [0.15, 0.2) is 0 Å². The van der Waals surface area contributed by atoms with E-state index in [1.54, 1.807) is 12.4 Å². The molecule has 4 nitrogen and oxygen atoms in total. The predicted molar refractivity (Wildman–Crippen MR) is 48.2 cm³/mol. The number of hydrogen-bond donors (Lipinski definition) is 2. The Morgan fingerprint density at radius 1 is 1.77 bits per heavy atom. The quantitative estimate of drug-likeness (QED) is 0.723. The van der Waals surface area contributed by atoms with Gasteiger partial charge in [0, 0.05) is 18.4 Å². The van der Waals surface area contributed by atoms with E-state index in [2.05, 4.69) is 4.98 Å². The molecule has 1 rings (SSSR count). The van der Waals surface area contributed by atoms with E-state index in [0.29, 0.717) is 0 Å². The van der Waals surface area contributed by atoms with Crippen LogP contribution < -0.4 is 5.73 Å². The number of aromatic nitrogens is 1. The largest absolute Gasteiger partial charge is 0.481 e. The number of hydrogen-bond acceptors (Lipinski definition) is 3. The molecule has 1 atom stereocenters. The van der Waals surface area contributed by atoms with Gasteiger partial charge in [0.05, 0.1) is 6.42 Å². The van der Waals surface area contributed by atoms with Crippen molar-refractivity contribution in [1.29, 1.82) is 0 Å². The maximum absolute atomic E-state index is 10.4. The van der Waals surface area contributed by atoms with Gasteiger partial charge in [-0.2, -0.15) is 0 Å². The highest BCUT2D eigenvalue weighted by Crippen LogP contribution is 2.16. The maximum atomic E-state index is 10.4. The highest BCUT2D eigenvalue weighted by molar-refractivity contribution is 5.67. The molecule has 0 radical (unpaired) electrons. The first-order valence-electron chi connectivity index (χ1n) is 3.99. The maximum Gasteiger partial charge on any atom is 0.305 e. The Morgan fingerprint density at radius 3 is 3.00 bits per heavy atom. The summed E-state index contributed by atoms with van der Waals surface area (Å²) in [5.74, 6) is -0.893. The third kappa shape index (κ3) is 2.52. The number of nitrogens with two attached hydrogens (primary N) is 1. The van der Waals surface area contributed by atoms with Crippen molar-refractivity contribution in [1.82, 2.24) is 4.98 Å². The van der Waals surface area contributed by atoms with Crippen LogP contribution in [0.5, 0.6) is 0 Å². The number of carbonyl (C=O) groups is 1. The second-order valence-electron chi connectivity index (χ2n) is 2.94. The molecule has 0 saturated carbocycles. The number of aryl methyl sites for hydroxylation is 1. The molecule has 0 bridgehead atoms. The smallest absolute Gasteiger partial charge is 0.305 e. The molecule has 0 spiro atoms. The van der Waals surface area contributed by atoms with Gasteiger partial charge in [-0.05, 0) is 24.1 Å². The molecule has 70 valence electrons. The summed E-state index contributed by atoms with van der Waals surface area (Å²) in [5.41, 5.74) is 7.45. The molecular formula is C9H12N2O2. The van der Waals surface area contributed by atoms with Crippen molar-refractivity contribution in [3.05, 3.63) is 29.6 Å². The number of rotatable bonds is 3. The summed E-state index contributed by atoms with van der Waals surface area (Å²) in [6.45, 7) is 1.89. The lowest BCUT2D eigenvalue weighted by Gasteiger charge is -2.10. The summed E-state index contributed by atoms with van der Waals surface area (Å²) < 4.78 is 0. The fourth-order valence-electron chi connectivity index (χ4n) is 1.16. The molecule has 0 fully saturated rings. The van der Waals surface area contributed by atoms with E-state index in [-0.39, 0.29) is 6.42 Å². The summed E-state index contributed by atoms with van der Waals surface area (Å²) in [4.78, 5) is 14.3. The Morgan fingerprint density at radius 2 is 2.46 bits per heavy atom. The van der Waals surface area contributed by atoms with Crippen molar-refractivity contribution < 1.29 is 9.90 Å². The minimum Gasteiger partial charge on any atom is -0.481 e. The molecule has 13 heavy (non-hydrogen) atoms. The molecule has 3 N–H and O–H groups in total. The minimum atomic E-state index is -0.893. The van der Waals surface area contributed by atoms with Crippen molar-refractivity contribution in [2.75, 3.05) is 0 Å². The monoisotopic (exact) mass is 180 g/mol. The van der Waals surface area contributed by atoms with E-state index in [1.165, 1.54) is 0 Å². The molecule has 0 aliphatic heterocycles. The number of pyridine rings is 1. The Balaban J connectivity index is 2.82. The van der Waals surface area contributed by atoms with Crippen LogP contribution in [-0.4, -0.2) is 16.1 Å². The van der Waals surface area contributed by atoms with Crippen molar-refractivity contribution in [2.24, 2.45) is 5.73 Å². The molecule has 0 amide bonds. The van der Waals surface area contributed by atoms with Gasteiger partial charge in [0.25, 0.3) is 0 Å². The summed E-state index contributed by atoms with van der Waals surface area (Å²) in [5, 5.41) is 8.54. The third-order valence-electron chi connectivity index (χ3n) is 1.87. The molecule has 1 heterocycles. The van der Waals surface area contributed by atoms with E-state index >= 15 is 0 Å². The standard InChI is InChI=1S/C9H12N2O2/c1-6-2-3-11-5-7(6)8(10)4-9(12)13/h2-3,5,8H,4,10H2,1H3,(H,12,13)/t8-/m1/s1. The van der Waals surface area contributed by atoms with E-state index < -0.39 is 12.0 Å². The van der Waals surface area contributed by atoms with Crippen molar-refractivity contribution in [3.8, 4) is 0 Å². The van der Waals surface area contributed by atoms with Crippen LogP contribution in [0.3, 0.4) is 0 Å². The van der Waals surface area contributed by atoms with E-state index in [1.807, 2.05) is 13.0 Å². The highest BCUT2D eigenvalue weighted by atomic mass is 16.4. The van der Waals surface area contributed by atoms with Crippen LogP contribution in [0.15, 0.2) is 18.5 Å². The Kier molecular flexibility index (Phi) is 2.97. The first kappa shape index (κ1) is 9.67. The Hall–Kier alpha value is -1.42. The number of nitrogens with zero attached hydrogens (tertiary/aromatic N) is 1. The molecule has 0 unspecified atom stereocenters. The molecule has 0 aliphatic rings. The Bertz CT molecular complexity index is 312. The van der Waals surface area contributed by atoms with Gasteiger partial charge in [-0.1, -0.05) is 0 Å². The molecule has 0 saturated heterocycles. The van der Waals surface area contributed by atoms with Gasteiger partial charge in [-0.25, -0.2) is 0 Å². The second-order valence-corrected chi connectivity index (χ2v) is 2.94. The van der Waals surface area contributed by atoms with Crippen LogP contribution in [0, 0.1) is 6.92 Å². The molecule has 0 aliphatic carbocycles. The van der Waals surface area contributed by atoms with Gasteiger partial charge in [0.1, 0.15) is 0 Å². The van der Waals surface area contributed by atoms with Gasteiger partial charge < -0.3 is 10.8 Å². The summed E-state index contributed by atoms with van der Waals surface area (Å²) in [6, 6.07) is 1.35. The van der Waals surface area contributed by atoms with Gasteiger partial charge in [-0.15, -0.1) is 0 Å². The predicted octanol–water partition coefficient (Wildman–Crippen LogP) is 0.865. The topological polar surface area (TPSA) is 76.2 Å². The fraction of sp³-hybridized carbons (Fsp3) is 0.333.